The van der Waals surface area contributed by atoms with E-state index in [9.17, 15) is 9.90 Å². The minimum Gasteiger partial charge on any atom is -0.505 e. The standard InChI is InChI=1S/C15H11Cl2NO3/c16-11-5-8(6-12(17)14(11)19)18-15(20)10-7-21-13-4-2-1-3-9(10)13/h1-6,10,19H,7H2,(H,18,20). The number of anilines is 1. The first-order valence-electron chi connectivity index (χ1n) is 6.27. The van der Waals surface area contributed by atoms with Gasteiger partial charge in [0.2, 0.25) is 5.91 Å². The molecule has 1 amide bonds. The number of nitrogens with one attached hydrogen (secondary N) is 1. The third-order valence-electron chi connectivity index (χ3n) is 3.30. The van der Waals surface area contributed by atoms with Crippen LogP contribution in [-0.2, 0) is 4.79 Å². The molecule has 4 nitrogen and oxygen atoms in total. The highest BCUT2D eigenvalue weighted by Gasteiger charge is 2.30. The van der Waals surface area contributed by atoms with Crippen molar-refractivity contribution in [1.29, 1.82) is 0 Å². The second-order valence-corrected chi connectivity index (χ2v) is 5.49. The summed E-state index contributed by atoms with van der Waals surface area (Å²) in [6.07, 6.45) is 0. The molecule has 1 atom stereocenters. The number of hydrogen-bond donors (Lipinski definition) is 2. The van der Waals surface area contributed by atoms with E-state index >= 15 is 0 Å². The van der Waals surface area contributed by atoms with E-state index in [1.54, 1.807) is 0 Å². The van der Waals surface area contributed by atoms with Gasteiger partial charge in [-0.1, -0.05) is 41.4 Å². The second-order valence-electron chi connectivity index (χ2n) is 4.68. The Labute approximate surface area is 131 Å². The third-order valence-corrected chi connectivity index (χ3v) is 3.88. The molecule has 0 radical (unpaired) electrons. The van der Waals surface area contributed by atoms with Gasteiger partial charge in [-0.3, -0.25) is 4.79 Å². The van der Waals surface area contributed by atoms with Crippen molar-refractivity contribution in [1.82, 2.24) is 0 Å². The van der Waals surface area contributed by atoms with Crippen LogP contribution in [0.2, 0.25) is 10.0 Å². The molecule has 1 unspecified atom stereocenters. The van der Waals surface area contributed by atoms with Gasteiger partial charge in [0.05, 0.1) is 10.0 Å². The average Bonchev–Trinajstić information content (AvgIpc) is 2.88. The van der Waals surface area contributed by atoms with Crippen molar-refractivity contribution in [2.45, 2.75) is 5.92 Å². The maximum Gasteiger partial charge on any atom is 0.235 e. The van der Waals surface area contributed by atoms with Crippen LogP contribution in [0.3, 0.4) is 0 Å². The lowest BCUT2D eigenvalue weighted by molar-refractivity contribution is -0.117. The van der Waals surface area contributed by atoms with Crippen LogP contribution in [0.25, 0.3) is 0 Å². The Balaban J connectivity index is 1.82. The lowest BCUT2D eigenvalue weighted by Gasteiger charge is -2.11. The van der Waals surface area contributed by atoms with Crippen LogP contribution in [0.4, 0.5) is 5.69 Å². The molecule has 0 aromatic heterocycles. The fourth-order valence-electron chi connectivity index (χ4n) is 2.25. The Kier molecular flexibility index (Phi) is 3.66. The molecule has 3 rings (SSSR count). The zero-order valence-electron chi connectivity index (χ0n) is 10.8. The van der Waals surface area contributed by atoms with Crippen molar-refractivity contribution in [2.24, 2.45) is 0 Å². The van der Waals surface area contributed by atoms with E-state index in [0.29, 0.717) is 12.3 Å². The predicted octanol–water partition coefficient (Wildman–Crippen LogP) is 3.81. The minimum atomic E-state index is -0.382. The van der Waals surface area contributed by atoms with Crippen LogP contribution in [0.5, 0.6) is 11.5 Å². The number of benzene rings is 2. The molecule has 1 heterocycles. The van der Waals surface area contributed by atoms with Crippen molar-refractivity contribution >= 4 is 34.8 Å². The van der Waals surface area contributed by atoms with Gasteiger partial charge in [0.15, 0.2) is 5.75 Å². The summed E-state index contributed by atoms with van der Waals surface area (Å²) in [6, 6.07) is 10.3. The van der Waals surface area contributed by atoms with Gasteiger partial charge in [-0.2, -0.15) is 0 Å². The van der Waals surface area contributed by atoms with E-state index in [0.717, 1.165) is 11.3 Å². The number of fused-ring (bicyclic) bond motifs is 1. The first-order valence-corrected chi connectivity index (χ1v) is 7.02. The topological polar surface area (TPSA) is 58.6 Å². The second kappa shape index (κ2) is 5.47. The van der Waals surface area contributed by atoms with Crippen LogP contribution in [0, 0.1) is 0 Å². The molecule has 0 aliphatic carbocycles. The molecule has 2 N–H and O–H groups in total. The van der Waals surface area contributed by atoms with Gasteiger partial charge >= 0.3 is 0 Å². The molecule has 0 fully saturated rings. The molecule has 1 aliphatic heterocycles. The summed E-state index contributed by atoms with van der Waals surface area (Å²) in [5, 5.41) is 12.4. The Morgan fingerprint density at radius 1 is 1.24 bits per heavy atom. The summed E-state index contributed by atoms with van der Waals surface area (Å²) in [7, 11) is 0. The molecule has 1 aliphatic rings. The predicted molar refractivity (Wildman–Crippen MR) is 81.4 cm³/mol. The van der Waals surface area contributed by atoms with Gasteiger partial charge in [0, 0.05) is 11.3 Å². The van der Waals surface area contributed by atoms with Crippen molar-refractivity contribution in [3.63, 3.8) is 0 Å². The van der Waals surface area contributed by atoms with E-state index in [1.165, 1.54) is 12.1 Å². The van der Waals surface area contributed by atoms with Gasteiger partial charge < -0.3 is 15.2 Å². The molecule has 6 heteroatoms. The van der Waals surface area contributed by atoms with Crippen molar-refractivity contribution < 1.29 is 14.6 Å². The maximum atomic E-state index is 12.3. The van der Waals surface area contributed by atoms with Gasteiger partial charge in [-0.05, 0) is 18.2 Å². The van der Waals surface area contributed by atoms with Crippen LogP contribution >= 0.6 is 23.2 Å². The molecular formula is C15H11Cl2NO3. The van der Waals surface area contributed by atoms with Gasteiger partial charge in [0.1, 0.15) is 18.3 Å². The normalized spacial score (nSPS) is 16.2. The zero-order valence-corrected chi connectivity index (χ0v) is 12.3. The first-order chi connectivity index (χ1) is 10.1. The number of rotatable bonds is 2. The summed E-state index contributed by atoms with van der Waals surface area (Å²) in [5.74, 6) is -0.0735. The summed E-state index contributed by atoms with van der Waals surface area (Å²) in [4.78, 5) is 12.3. The Hall–Kier alpha value is -1.91. The molecule has 0 bridgehead atoms. The quantitative estimate of drug-likeness (QED) is 0.826. The molecule has 0 spiro atoms. The Morgan fingerprint density at radius 2 is 1.90 bits per heavy atom. The van der Waals surface area contributed by atoms with Gasteiger partial charge in [-0.25, -0.2) is 0 Å². The summed E-state index contributed by atoms with van der Waals surface area (Å²) < 4.78 is 5.48. The Bertz CT molecular complexity index is 695. The first kappa shape index (κ1) is 14.0. The maximum absolute atomic E-state index is 12.3. The lowest BCUT2D eigenvalue weighted by Crippen LogP contribution is -2.22. The highest BCUT2D eigenvalue weighted by Crippen LogP contribution is 2.37. The number of ether oxygens (including phenoxy) is 1. The number of phenols is 1. The van der Waals surface area contributed by atoms with Crippen LogP contribution in [-0.4, -0.2) is 17.6 Å². The van der Waals surface area contributed by atoms with Crippen LogP contribution in [0.1, 0.15) is 11.5 Å². The zero-order chi connectivity index (χ0) is 15.0. The third kappa shape index (κ3) is 2.64. The van der Waals surface area contributed by atoms with E-state index in [-0.39, 0.29) is 27.6 Å². The van der Waals surface area contributed by atoms with E-state index in [4.69, 9.17) is 27.9 Å². The number of amides is 1. The summed E-state index contributed by atoms with van der Waals surface area (Å²) in [6.45, 7) is 0.296. The SMILES string of the molecule is O=C(Nc1cc(Cl)c(O)c(Cl)c1)C1COc2ccccc21. The molecule has 2 aromatic rings. The molecule has 108 valence electrons. The molecular weight excluding hydrogens is 313 g/mol. The minimum absolute atomic E-state index is 0.0841. The fourth-order valence-corrected chi connectivity index (χ4v) is 2.73. The van der Waals surface area contributed by atoms with Gasteiger partial charge in [-0.15, -0.1) is 0 Å². The highest BCUT2D eigenvalue weighted by molar-refractivity contribution is 6.37. The van der Waals surface area contributed by atoms with E-state index in [1.807, 2.05) is 24.3 Å². The number of aromatic hydroxyl groups is 1. The average molecular weight is 324 g/mol. The smallest absolute Gasteiger partial charge is 0.235 e. The lowest BCUT2D eigenvalue weighted by atomic mass is 10.0. The highest BCUT2D eigenvalue weighted by atomic mass is 35.5. The summed E-state index contributed by atoms with van der Waals surface area (Å²) >= 11 is 11.7. The fraction of sp³-hybridized carbons (Fsp3) is 0.133. The van der Waals surface area contributed by atoms with Crippen LogP contribution in [0.15, 0.2) is 36.4 Å². The largest absolute Gasteiger partial charge is 0.505 e. The number of carbonyl (C=O) groups excluding carboxylic acids is 1. The number of hydrogen-bond acceptors (Lipinski definition) is 3. The number of phenolic OH excluding ortho intramolecular Hbond substituents is 1. The van der Waals surface area contributed by atoms with E-state index < -0.39 is 0 Å². The van der Waals surface area contributed by atoms with Crippen LogP contribution < -0.4 is 10.1 Å². The van der Waals surface area contributed by atoms with Crippen molar-refractivity contribution in [3.8, 4) is 11.5 Å². The molecule has 2 aromatic carbocycles. The number of halogens is 2. The number of para-hydroxylation sites is 1. The summed E-state index contributed by atoms with van der Waals surface area (Å²) in [5.41, 5.74) is 1.28. The molecule has 0 saturated heterocycles. The molecule has 0 saturated carbocycles. The van der Waals surface area contributed by atoms with Crippen molar-refractivity contribution in [2.75, 3.05) is 11.9 Å². The van der Waals surface area contributed by atoms with Gasteiger partial charge in [0.25, 0.3) is 0 Å². The number of carbonyl (C=O) groups is 1. The van der Waals surface area contributed by atoms with Crippen molar-refractivity contribution in [3.05, 3.63) is 52.0 Å². The van der Waals surface area contributed by atoms with E-state index in [2.05, 4.69) is 5.32 Å². The Morgan fingerprint density at radius 3 is 2.62 bits per heavy atom. The molecule has 21 heavy (non-hydrogen) atoms. The monoisotopic (exact) mass is 323 g/mol.